The molecule has 4 nitrogen and oxygen atoms in total. The van der Waals surface area contributed by atoms with Crippen molar-refractivity contribution in [3.8, 4) is 0 Å². The summed E-state index contributed by atoms with van der Waals surface area (Å²) < 4.78 is 18.0. The number of hydrogen-bond acceptors (Lipinski definition) is 3. The molecular formula is C12H12ClFO4. The molecule has 0 saturated heterocycles. The van der Waals surface area contributed by atoms with E-state index in [0.29, 0.717) is 0 Å². The van der Waals surface area contributed by atoms with Crippen LogP contribution in [-0.4, -0.2) is 24.2 Å². The molecule has 0 fully saturated rings. The molecule has 1 aromatic carbocycles. The van der Waals surface area contributed by atoms with E-state index in [-0.39, 0.29) is 17.0 Å². The van der Waals surface area contributed by atoms with Crippen molar-refractivity contribution in [1.82, 2.24) is 0 Å². The SMILES string of the molecule is COC(=O)C(C)(Cc1cc(Cl)ccc1F)C(=O)O. The van der Waals surface area contributed by atoms with Gasteiger partial charge in [-0.05, 0) is 30.7 Å². The van der Waals surface area contributed by atoms with E-state index >= 15 is 0 Å². The Morgan fingerprint density at radius 3 is 2.61 bits per heavy atom. The standard InChI is InChI=1S/C12H12ClFO4/c1-12(10(15)16,11(17)18-2)6-7-5-8(13)3-4-9(7)14/h3-5H,6H2,1-2H3,(H,15,16). The number of carbonyl (C=O) groups is 2. The molecule has 0 heterocycles. The van der Waals surface area contributed by atoms with E-state index in [4.69, 9.17) is 16.7 Å². The van der Waals surface area contributed by atoms with Crippen molar-refractivity contribution in [2.45, 2.75) is 13.3 Å². The van der Waals surface area contributed by atoms with Crippen LogP contribution in [0.2, 0.25) is 5.02 Å². The van der Waals surface area contributed by atoms with Gasteiger partial charge in [-0.2, -0.15) is 0 Å². The first kappa shape index (κ1) is 14.4. The number of aliphatic carboxylic acids is 1. The van der Waals surface area contributed by atoms with Crippen molar-refractivity contribution in [1.29, 1.82) is 0 Å². The van der Waals surface area contributed by atoms with Gasteiger partial charge in [0, 0.05) is 11.4 Å². The molecule has 0 amide bonds. The maximum Gasteiger partial charge on any atom is 0.323 e. The molecule has 0 aromatic heterocycles. The molecule has 0 aliphatic carbocycles. The number of carboxylic acid groups (broad SMARTS) is 1. The largest absolute Gasteiger partial charge is 0.480 e. The third kappa shape index (κ3) is 2.79. The molecule has 0 saturated carbocycles. The molecular weight excluding hydrogens is 263 g/mol. The maximum atomic E-state index is 13.5. The molecule has 0 radical (unpaired) electrons. The molecule has 1 unspecified atom stereocenters. The van der Waals surface area contributed by atoms with Crippen LogP contribution in [0.5, 0.6) is 0 Å². The zero-order valence-electron chi connectivity index (χ0n) is 9.87. The average molecular weight is 275 g/mol. The molecule has 6 heteroatoms. The topological polar surface area (TPSA) is 63.6 Å². The molecule has 0 bridgehead atoms. The number of carboxylic acids is 1. The first-order valence-electron chi connectivity index (χ1n) is 5.07. The Bertz CT molecular complexity index is 489. The molecule has 0 aliphatic rings. The van der Waals surface area contributed by atoms with Gasteiger partial charge in [-0.3, -0.25) is 9.59 Å². The summed E-state index contributed by atoms with van der Waals surface area (Å²) in [6.07, 6.45) is -0.332. The summed E-state index contributed by atoms with van der Waals surface area (Å²) in [6, 6.07) is 3.76. The number of carbonyl (C=O) groups excluding carboxylic acids is 1. The summed E-state index contributed by atoms with van der Waals surface area (Å²) in [6.45, 7) is 1.18. The van der Waals surface area contributed by atoms with Gasteiger partial charge in [0.05, 0.1) is 7.11 Å². The number of methoxy groups -OCH3 is 1. The second-order valence-electron chi connectivity index (χ2n) is 4.04. The highest BCUT2D eigenvalue weighted by molar-refractivity contribution is 6.30. The second kappa shape index (κ2) is 5.35. The van der Waals surface area contributed by atoms with Gasteiger partial charge in [0.1, 0.15) is 5.82 Å². The van der Waals surface area contributed by atoms with Gasteiger partial charge in [-0.25, -0.2) is 4.39 Å². The summed E-state index contributed by atoms with van der Waals surface area (Å²) in [5.41, 5.74) is -1.79. The lowest BCUT2D eigenvalue weighted by Crippen LogP contribution is -2.39. The van der Waals surface area contributed by atoms with E-state index in [9.17, 15) is 14.0 Å². The number of esters is 1. The fourth-order valence-corrected chi connectivity index (χ4v) is 1.71. The predicted molar refractivity (Wildman–Crippen MR) is 62.9 cm³/mol. The molecule has 1 rings (SSSR count). The van der Waals surface area contributed by atoms with Gasteiger partial charge in [0.2, 0.25) is 0 Å². The van der Waals surface area contributed by atoms with E-state index in [1.807, 2.05) is 0 Å². The third-order valence-corrected chi connectivity index (χ3v) is 2.89. The van der Waals surface area contributed by atoms with Crippen molar-refractivity contribution >= 4 is 23.5 Å². The van der Waals surface area contributed by atoms with E-state index in [1.165, 1.54) is 19.1 Å². The number of hydrogen-bond donors (Lipinski definition) is 1. The van der Waals surface area contributed by atoms with Crippen molar-refractivity contribution in [2.24, 2.45) is 5.41 Å². The molecule has 0 spiro atoms. The summed E-state index contributed by atoms with van der Waals surface area (Å²) in [7, 11) is 1.08. The Morgan fingerprint density at radius 1 is 1.50 bits per heavy atom. The molecule has 1 aromatic rings. The summed E-state index contributed by atoms with van der Waals surface area (Å²) in [4.78, 5) is 22.7. The maximum absolute atomic E-state index is 13.5. The predicted octanol–water partition coefficient (Wildman–Crippen LogP) is 2.29. The highest BCUT2D eigenvalue weighted by atomic mass is 35.5. The Morgan fingerprint density at radius 2 is 2.11 bits per heavy atom. The Balaban J connectivity index is 3.15. The number of benzene rings is 1. The lowest BCUT2D eigenvalue weighted by atomic mass is 9.83. The summed E-state index contributed by atoms with van der Waals surface area (Å²) >= 11 is 5.71. The van der Waals surface area contributed by atoms with Crippen LogP contribution >= 0.6 is 11.6 Å². The van der Waals surface area contributed by atoms with E-state index < -0.39 is 23.2 Å². The van der Waals surface area contributed by atoms with Crippen LogP contribution in [0.1, 0.15) is 12.5 Å². The van der Waals surface area contributed by atoms with Gasteiger partial charge >= 0.3 is 11.9 Å². The van der Waals surface area contributed by atoms with Crippen LogP contribution in [-0.2, 0) is 20.7 Å². The van der Waals surface area contributed by atoms with Crippen LogP contribution < -0.4 is 0 Å². The van der Waals surface area contributed by atoms with Crippen LogP contribution in [0.3, 0.4) is 0 Å². The van der Waals surface area contributed by atoms with Crippen molar-refractivity contribution < 1.29 is 23.8 Å². The van der Waals surface area contributed by atoms with Crippen molar-refractivity contribution in [3.63, 3.8) is 0 Å². The summed E-state index contributed by atoms with van der Waals surface area (Å²) in [5.74, 6) is -2.93. The number of ether oxygens (including phenoxy) is 1. The van der Waals surface area contributed by atoms with Gasteiger partial charge in [0.25, 0.3) is 0 Å². The fourth-order valence-electron chi connectivity index (χ4n) is 1.52. The molecule has 98 valence electrons. The highest BCUT2D eigenvalue weighted by Crippen LogP contribution is 2.27. The van der Waals surface area contributed by atoms with E-state index in [2.05, 4.69) is 4.74 Å². The molecule has 1 atom stereocenters. The monoisotopic (exact) mass is 274 g/mol. The zero-order valence-corrected chi connectivity index (χ0v) is 10.6. The van der Waals surface area contributed by atoms with Gasteiger partial charge in [0.15, 0.2) is 5.41 Å². The quantitative estimate of drug-likeness (QED) is 0.676. The van der Waals surface area contributed by atoms with Crippen molar-refractivity contribution in [2.75, 3.05) is 7.11 Å². The van der Waals surface area contributed by atoms with Gasteiger partial charge in [-0.15, -0.1) is 0 Å². The molecule has 0 aliphatic heterocycles. The van der Waals surface area contributed by atoms with Crippen LogP contribution in [0.25, 0.3) is 0 Å². The normalized spacial score (nSPS) is 13.8. The molecule has 18 heavy (non-hydrogen) atoms. The third-order valence-electron chi connectivity index (χ3n) is 2.66. The minimum absolute atomic E-state index is 0.0535. The Kier molecular flexibility index (Phi) is 4.29. The van der Waals surface area contributed by atoms with Gasteiger partial charge in [-0.1, -0.05) is 11.6 Å². The average Bonchev–Trinajstić information content (AvgIpc) is 2.32. The van der Waals surface area contributed by atoms with Crippen molar-refractivity contribution in [3.05, 3.63) is 34.6 Å². The van der Waals surface area contributed by atoms with E-state index in [0.717, 1.165) is 13.2 Å². The number of rotatable bonds is 4. The van der Waals surface area contributed by atoms with Crippen LogP contribution in [0.4, 0.5) is 4.39 Å². The van der Waals surface area contributed by atoms with Crippen LogP contribution in [0, 0.1) is 11.2 Å². The lowest BCUT2D eigenvalue weighted by molar-refractivity contribution is -0.165. The highest BCUT2D eigenvalue weighted by Gasteiger charge is 2.43. The second-order valence-corrected chi connectivity index (χ2v) is 4.48. The minimum atomic E-state index is -1.85. The first-order valence-corrected chi connectivity index (χ1v) is 5.45. The van der Waals surface area contributed by atoms with Gasteiger partial charge < -0.3 is 9.84 Å². The minimum Gasteiger partial charge on any atom is -0.480 e. The van der Waals surface area contributed by atoms with Crippen LogP contribution in [0.15, 0.2) is 18.2 Å². The first-order chi connectivity index (χ1) is 8.31. The molecule has 1 N–H and O–H groups in total. The Labute approximate surface area is 108 Å². The lowest BCUT2D eigenvalue weighted by Gasteiger charge is -2.22. The Hall–Kier alpha value is -1.62. The summed E-state index contributed by atoms with van der Waals surface area (Å²) in [5, 5.41) is 9.37. The zero-order chi connectivity index (χ0) is 13.9. The smallest absolute Gasteiger partial charge is 0.323 e. The van der Waals surface area contributed by atoms with E-state index in [1.54, 1.807) is 0 Å². The number of halogens is 2. The fraction of sp³-hybridized carbons (Fsp3) is 0.333.